The molecular weight excluding hydrogens is 1620 g/mol. The predicted octanol–water partition coefficient (Wildman–Crippen LogP) is 16.0. The molecule has 620 valence electrons. The van der Waals surface area contributed by atoms with E-state index in [9.17, 15) is 43.5 Å². The number of hydrogen-bond donors (Lipinski definition) is 1. The van der Waals surface area contributed by atoms with Crippen molar-refractivity contribution in [2.24, 2.45) is 15.0 Å². The Hall–Kier alpha value is -13.1. The lowest BCUT2D eigenvalue weighted by molar-refractivity contribution is -0.140. The van der Waals surface area contributed by atoms with E-state index >= 15 is 14.4 Å². The maximum absolute atomic E-state index is 16.8. The van der Waals surface area contributed by atoms with Crippen LogP contribution in [-0.2, 0) is 103 Å². The molecule has 12 aromatic carbocycles. The van der Waals surface area contributed by atoms with E-state index in [-0.39, 0.29) is 102 Å². The zero-order valence-corrected chi connectivity index (χ0v) is 68.9. The minimum Gasteiger partial charge on any atom is -0.508 e. The largest absolute Gasteiger partial charge is 0.508 e. The highest BCUT2D eigenvalue weighted by atomic mass is 32.2. The number of phenols is 1. The van der Waals surface area contributed by atoms with Crippen molar-refractivity contribution in [3.63, 3.8) is 0 Å². The number of aromatic hydroxyl groups is 1. The van der Waals surface area contributed by atoms with Crippen molar-refractivity contribution < 1.29 is 72.1 Å². The van der Waals surface area contributed by atoms with Gasteiger partial charge in [-0.25, -0.2) is 40.2 Å². The van der Waals surface area contributed by atoms with E-state index in [4.69, 9.17) is 29.2 Å². The number of hydrogen-bond acceptors (Lipinski definition) is 16. The van der Waals surface area contributed by atoms with Gasteiger partial charge in [0.15, 0.2) is 64.4 Å². The number of sulfone groups is 3. The zero-order valence-electron chi connectivity index (χ0n) is 66.5. The van der Waals surface area contributed by atoms with Gasteiger partial charge in [-0.3, -0.25) is 14.4 Å². The fraction of sp³-hybridized carbons (Fsp3) is 0.204. The monoisotopic (exact) mass is 1700 g/mol. The minimum absolute atomic E-state index is 0.00808. The summed E-state index contributed by atoms with van der Waals surface area (Å²) in [4.78, 5) is 69.6. The van der Waals surface area contributed by atoms with Gasteiger partial charge in [-0.2, -0.15) is 13.2 Å². The molecule has 0 aromatic heterocycles. The number of alkyl halides is 3. The summed E-state index contributed by atoms with van der Waals surface area (Å²) < 4.78 is 150. The van der Waals surface area contributed by atoms with Crippen LogP contribution in [0.15, 0.2) is 333 Å². The Morgan fingerprint density at radius 1 is 0.358 bits per heavy atom. The third kappa shape index (κ3) is 15.7. The summed E-state index contributed by atoms with van der Waals surface area (Å²) >= 11 is 0. The van der Waals surface area contributed by atoms with Gasteiger partial charge in [-0.15, -0.1) is 0 Å². The molecule has 0 spiro atoms. The van der Waals surface area contributed by atoms with Crippen LogP contribution in [-0.4, -0.2) is 134 Å². The summed E-state index contributed by atoms with van der Waals surface area (Å²) in [7, 11) is -11.9. The van der Waals surface area contributed by atoms with E-state index in [1.165, 1.54) is 70.5 Å². The molecule has 25 heteroatoms. The van der Waals surface area contributed by atoms with Crippen molar-refractivity contribution in [1.29, 1.82) is 0 Å². The highest BCUT2D eigenvalue weighted by molar-refractivity contribution is 7.92. The van der Waals surface area contributed by atoms with Crippen molar-refractivity contribution in [2.45, 2.75) is 102 Å². The first-order valence-corrected chi connectivity index (χ1v) is 45.3. The van der Waals surface area contributed by atoms with Gasteiger partial charge in [0.1, 0.15) is 5.75 Å². The second-order valence-electron chi connectivity index (χ2n) is 32.0. The number of amides is 3. The van der Waals surface area contributed by atoms with Crippen LogP contribution < -0.4 is 0 Å². The van der Waals surface area contributed by atoms with Crippen molar-refractivity contribution in [3.05, 3.63) is 381 Å². The van der Waals surface area contributed by atoms with Gasteiger partial charge in [0.25, 0.3) is 17.7 Å². The molecule has 0 bridgehead atoms. The topological polar surface area (TPSA) is 248 Å². The highest BCUT2D eigenvalue weighted by Crippen LogP contribution is 2.52. The predicted molar refractivity (Wildman–Crippen MR) is 459 cm³/mol. The van der Waals surface area contributed by atoms with Crippen LogP contribution in [0.3, 0.4) is 0 Å². The number of carbonyl (C=O) groups excluding carboxylic acids is 3. The maximum atomic E-state index is 16.8. The number of benzene rings is 12. The average molecular weight is 1700 g/mol. The molecule has 12 aromatic rings. The van der Waals surface area contributed by atoms with Gasteiger partial charge in [0.05, 0.1) is 37.5 Å². The van der Waals surface area contributed by atoms with Crippen LogP contribution in [0.25, 0.3) is 22.3 Å². The lowest BCUT2D eigenvalue weighted by Gasteiger charge is -2.33. The number of rotatable bonds is 23. The number of fused-ring (bicyclic) bond motifs is 9. The van der Waals surface area contributed by atoms with Crippen molar-refractivity contribution in [1.82, 2.24) is 14.7 Å². The molecule has 3 amide bonds. The van der Waals surface area contributed by atoms with Crippen LogP contribution in [0.2, 0.25) is 0 Å². The van der Waals surface area contributed by atoms with Crippen LogP contribution >= 0.6 is 0 Å². The number of aliphatic imine (C=N–C) groups is 3. The summed E-state index contributed by atoms with van der Waals surface area (Å²) in [5.74, 6) is -2.71. The molecule has 19 nitrogen and oxygen atoms in total. The van der Waals surface area contributed by atoms with E-state index in [1.54, 1.807) is 71.6 Å². The Morgan fingerprint density at radius 2 is 0.675 bits per heavy atom. The van der Waals surface area contributed by atoms with Crippen LogP contribution in [0, 0.1) is 6.92 Å². The van der Waals surface area contributed by atoms with E-state index in [0.717, 1.165) is 28.8 Å². The number of ether oxygens (including phenoxy) is 3. The van der Waals surface area contributed by atoms with Crippen LogP contribution in [0.5, 0.6) is 5.75 Å². The Balaban J connectivity index is 0.751. The molecule has 0 fully saturated rings. The SMILES string of the molecule is Cc1ccc(C2=N[C@]3(Cc4ccccc4)C(=O)N(CCS(=O)(=O)c4ccccc4)Cc4ccc(-c5cccc(C[C@]67N=C(c8ccc(C(F)(F)F)cc8)O[C@H]6c6cc(-c8cccc(C[C@]9%10N=C(c%11ccc(O)cc%11)O[C@H]9c9ccccc9CN(CCS(=O)(=O)c9ccccc9)C%10=O)c8)ccc6CN(CCS(=O)(=O)c6ccccc6)C7=O)c5)cc4[C@@H]3O2)cc1. The molecule has 6 atom stereocenters. The molecule has 6 heterocycles. The molecule has 18 rings (SSSR count). The lowest BCUT2D eigenvalue weighted by atomic mass is 9.80. The highest BCUT2D eigenvalue weighted by Gasteiger charge is 2.60. The second kappa shape index (κ2) is 32.0. The van der Waals surface area contributed by atoms with Crippen molar-refractivity contribution in [3.8, 4) is 28.0 Å². The maximum Gasteiger partial charge on any atom is 0.416 e. The molecular formula is C98H81F3N6O13S3. The molecule has 6 aliphatic heterocycles. The number of halogens is 3. The second-order valence-corrected chi connectivity index (χ2v) is 38.4. The summed E-state index contributed by atoms with van der Waals surface area (Å²) in [5, 5.41) is 10.4. The fourth-order valence-electron chi connectivity index (χ4n) is 17.6. The van der Waals surface area contributed by atoms with E-state index in [2.05, 4.69) is 0 Å². The first-order valence-electron chi connectivity index (χ1n) is 40.3. The molecule has 6 aliphatic rings. The quantitative estimate of drug-likeness (QED) is 0.0626. The Labute approximate surface area is 709 Å². The average Bonchev–Trinajstić information content (AvgIpc) is 1.58. The number of carbonyl (C=O) groups is 3. The summed E-state index contributed by atoms with van der Waals surface area (Å²) in [6, 6.07) is 85.2. The van der Waals surface area contributed by atoms with Gasteiger partial charge < -0.3 is 34.0 Å². The summed E-state index contributed by atoms with van der Waals surface area (Å²) in [6.45, 7) is 1.12. The van der Waals surface area contributed by atoms with Gasteiger partial charge in [-0.05, 0) is 172 Å². The van der Waals surface area contributed by atoms with Gasteiger partial charge >= 0.3 is 6.18 Å². The van der Waals surface area contributed by atoms with Gasteiger partial charge in [-0.1, -0.05) is 200 Å². The van der Waals surface area contributed by atoms with E-state index in [0.29, 0.717) is 72.3 Å². The van der Waals surface area contributed by atoms with Crippen LogP contribution in [0.1, 0.15) is 96.2 Å². The first kappa shape index (κ1) is 80.9. The van der Waals surface area contributed by atoms with Gasteiger partial charge in [0.2, 0.25) is 17.7 Å². The standard InChI is InChI=1S/C98H81F3N6O13S3/c1-64-32-34-68(35-33-64)89-102-95(58-65-18-6-2-7-19-65)87(119-89)84-56-73(36-38-76(84)62-106(92(95)109)49-52-122(114,115)81-27-10-4-11-28-81)72-24-17-21-67(55-72)60-97-88(120-90(104-97)69-40-44-78(45-41-69)98(99,100)101)85-57-74(37-39-77(85)63-107(94(97)111)50-53-123(116,117)82-29-12-5-13-30-82)71-23-16-20-66(54-71)59-96-86(118-91(103-96)70-42-46-79(108)47-43-70)83-31-15-14-22-75(83)61-105(93(96)110)48-51-121(112,113)80-25-8-3-9-26-80/h2-47,54-57,86-88,108H,48-53,58-63H2,1H3/t86-,87-,88-,95-,96-,97-/m0/s1. The molecule has 123 heavy (non-hydrogen) atoms. The molecule has 0 saturated carbocycles. The molecule has 1 N–H and O–H groups in total. The third-order valence-corrected chi connectivity index (χ3v) is 29.1. The Kier molecular flexibility index (Phi) is 21.1. The smallest absolute Gasteiger partial charge is 0.416 e. The number of nitrogens with zero attached hydrogens (tertiary/aromatic N) is 6. The number of aryl methyl sites for hydroxylation is 1. The lowest BCUT2D eigenvalue weighted by Crippen LogP contribution is -2.50. The molecule has 0 radical (unpaired) electrons. The minimum atomic E-state index is -4.73. The van der Waals surface area contributed by atoms with Crippen molar-refractivity contribution in [2.75, 3.05) is 36.9 Å². The first-order chi connectivity index (χ1) is 59.2. The molecule has 0 aliphatic carbocycles. The van der Waals surface area contributed by atoms with Gasteiger partial charge in [0, 0.05) is 91.9 Å². The third-order valence-electron chi connectivity index (χ3n) is 24.0. The Morgan fingerprint density at radius 3 is 1.07 bits per heavy atom. The Bertz CT molecular complexity index is 6610. The van der Waals surface area contributed by atoms with E-state index in [1.807, 2.05) is 171 Å². The fourth-order valence-corrected chi connectivity index (χ4v) is 21.4. The summed E-state index contributed by atoms with van der Waals surface area (Å²) in [5.41, 5.74) is 3.79. The van der Waals surface area contributed by atoms with E-state index < -0.39 is 111 Å². The van der Waals surface area contributed by atoms with Crippen LogP contribution in [0.4, 0.5) is 13.2 Å². The van der Waals surface area contributed by atoms with Crippen molar-refractivity contribution >= 4 is 64.9 Å². The zero-order chi connectivity index (χ0) is 85.2. The molecule has 0 unspecified atom stereocenters. The summed E-state index contributed by atoms with van der Waals surface area (Å²) in [6.07, 6.45) is -8.45. The normalized spacial score (nSPS) is 20.5. The molecule has 0 saturated heterocycles. The number of phenolic OH excluding ortho intramolecular Hbond substituents is 1.